The van der Waals surface area contributed by atoms with Crippen molar-refractivity contribution in [2.24, 2.45) is 0 Å². The van der Waals surface area contributed by atoms with Crippen molar-refractivity contribution >= 4 is 55.4 Å². The molecule has 210 valence electrons. The average Bonchev–Trinajstić information content (AvgIpc) is 3.63. The summed E-state index contributed by atoms with van der Waals surface area (Å²) in [5.74, 6) is -0.592. The van der Waals surface area contributed by atoms with Gasteiger partial charge in [-0.2, -0.15) is 0 Å². The minimum atomic E-state index is -0.691. The summed E-state index contributed by atoms with van der Waals surface area (Å²) in [5.41, 5.74) is 5.45. The largest absolute Gasteiger partial charge is 0.389 e. The predicted octanol–water partition coefficient (Wildman–Crippen LogP) is 5.48. The molecule has 0 aliphatic carbocycles. The molecule has 0 radical (unpaired) electrons. The topological polar surface area (TPSA) is 99.6 Å². The normalized spacial score (nSPS) is 22.7. The van der Waals surface area contributed by atoms with Gasteiger partial charge in [0.1, 0.15) is 6.23 Å². The molecule has 0 saturated carbocycles. The molecule has 8 rings (SSSR count). The molecule has 4 atom stereocenters. The number of aliphatic hydroxyl groups is 1. The Morgan fingerprint density at radius 1 is 0.905 bits per heavy atom. The Morgan fingerprint density at radius 3 is 2.36 bits per heavy atom. The van der Waals surface area contributed by atoms with Crippen molar-refractivity contribution in [2.75, 3.05) is 7.05 Å². The number of hydrogen-bond acceptors (Lipinski definition) is 5. The Labute approximate surface area is 241 Å². The van der Waals surface area contributed by atoms with Gasteiger partial charge in [-0.1, -0.05) is 66.7 Å². The van der Waals surface area contributed by atoms with Crippen LogP contribution in [-0.4, -0.2) is 56.7 Å². The van der Waals surface area contributed by atoms with Crippen LogP contribution < -0.4 is 5.32 Å². The summed E-state index contributed by atoms with van der Waals surface area (Å²) >= 11 is 0. The number of aliphatic hydroxyl groups excluding tert-OH is 1. The van der Waals surface area contributed by atoms with Crippen molar-refractivity contribution < 1.29 is 19.4 Å². The fourth-order valence-electron chi connectivity index (χ4n) is 7.03. The summed E-state index contributed by atoms with van der Waals surface area (Å²) in [7, 11) is 1.55. The van der Waals surface area contributed by atoms with Gasteiger partial charge in [0.2, 0.25) is 0 Å². The zero-order chi connectivity index (χ0) is 28.7. The first-order chi connectivity index (χ1) is 20.4. The van der Waals surface area contributed by atoms with E-state index in [0.29, 0.717) is 24.1 Å². The molecule has 0 spiro atoms. The van der Waals surface area contributed by atoms with Gasteiger partial charge in [-0.3, -0.25) is 14.5 Å². The molecule has 1 saturated heterocycles. The van der Waals surface area contributed by atoms with Gasteiger partial charge in [0.05, 0.1) is 39.9 Å². The number of rotatable bonds is 4. The van der Waals surface area contributed by atoms with Crippen molar-refractivity contribution in [1.82, 2.24) is 19.8 Å². The third-order valence-electron chi connectivity index (χ3n) is 9.06. The lowest BCUT2D eigenvalue weighted by atomic mass is 9.96. The van der Waals surface area contributed by atoms with E-state index in [-0.39, 0.29) is 17.9 Å². The summed E-state index contributed by atoms with van der Waals surface area (Å²) in [6.07, 6.45) is -1.05. The van der Waals surface area contributed by atoms with Crippen LogP contribution in [0.15, 0.2) is 78.9 Å². The first kappa shape index (κ1) is 25.2. The van der Waals surface area contributed by atoms with E-state index in [1.54, 1.807) is 7.05 Å². The zero-order valence-corrected chi connectivity index (χ0v) is 23.3. The number of amides is 2. The zero-order valence-electron chi connectivity index (χ0n) is 23.3. The second-order valence-corrected chi connectivity index (χ2v) is 11.4. The van der Waals surface area contributed by atoms with Crippen molar-refractivity contribution in [3.63, 3.8) is 0 Å². The second kappa shape index (κ2) is 9.25. The number of carbonyl (C=O) groups excluding carboxylic acids is 2. The fourth-order valence-corrected chi connectivity index (χ4v) is 7.03. The molecule has 8 nitrogen and oxygen atoms in total. The van der Waals surface area contributed by atoms with Gasteiger partial charge in [0.25, 0.3) is 11.8 Å². The van der Waals surface area contributed by atoms with Crippen molar-refractivity contribution in [1.29, 1.82) is 0 Å². The lowest BCUT2D eigenvalue weighted by Gasteiger charge is -2.39. The number of benzene rings is 4. The minimum Gasteiger partial charge on any atom is -0.389 e. The Bertz CT molecular complexity index is 2060. The van der Waals surface area contributed by atoms with Crippen LogP contribution in [0.4, 0.5) is 0 Å². The molecular weight excluding hydrogens is 528 g/mol. The number of aromatic nitrogens is 2. The molecule has 2 aliphatic heterocycles. The van der Waals surface area contributed by atoms with Gasteiger partial charge in [-0.25, -0.2) is 0 Å². The Balaban J connectivity index is 1.39. The number of ether oxygens (including phenoxy) is 1. The highest BCUT2D eigenvalue weighted by molar-refractivity contribution is 6.39. The quantitative estimate of drug-likeness (QED) is 0.249. The molecule has 3 N–H and O–H groups in total. The minimum absolute atomic E-state index is 0.225. The maximum absolute atomic E-state index is 13.7. The van der Waals surface area contributed by atoms with E-state index in [2.05, 4.69) is 27.0 Å². The highest BCUT2D eigenvalue weighted by atomic mass is 16.5. The van der Waals surface area contributed by atoms with E-state index < -0.39 is 18.4 Å². The number of nitrogens with one attached hydrogen (secondary N) is 2. The van der Waals surface area contributed by atoms with Gasteiger partial charge in [0, 0.05) is 53.1 Å². The number of nitrogens with zero attached hydrogens (tertiary/aromatic N) is 2. The molecule has 4 aromatic carbocycles. The SMILES string of the molecule is CC1OC(n2c3ccccc3c3c4c(c5c6ccccc6[nH]c5c32)C(=O)N(C)C4=O)CC(NCc2ccccc2)C1O. The van der Waals surface area contributed by atoms with E-state index in [1.165, 1.54) is 4.90 Å². The van der Waals surface area contributed by atoms with Crippen LogP contribution in [0.5, 0.6) is 0 Å². The summed E-state index contributed by atoms with van der Waals surface area (Å²) < 4.78 is 8.71. The van der Waals surface area contributed by atoms with E-state index in [9.17, 15) is 14.7 Å². The molecule has 0 bridgehead atoms. The first-order valence-electron chi connectivity index (χ1n) is 14.4. The van der Waals surface area contributed by atoms with Crippen LogP contribution in [0.25, 0.3) is 43.6 Å². The molecule has 6 aromatic rings. The summed E-state index contributed by atoms with van der Waals surface area (Å²) in [6.45, 7) is 2.52. The van der Waals surface area contributed by atoms with E-state index in [4.69, 9.17) is 4.74 Å². The van der Waals surface area contributed by atoms with Crippen molar-refractivity contribution in [3.8, 4) is 0 Å². The van der Waals surface area contributed by atoms with Gasteiger partial charge < -0.3 is 24.7 Å². The number of hydrogen-bond donors (Lipinski definition) is 3. The molecule has 42 heavy (non-hydrogen) atoms. The molecule has 2 amide bonds. The van der Waals surface area contributed by atoms with Crippen molar-refractivity contribution in [3.05, 3.63) is 95.6 Å². The van der Waals surface area contributed by atoms with Gasteiger partial charge in [0.15, 0.2) is 0 Å². The molecule has 2 aromatic heterocycles. The van der Waals surface area contributed by atoms with Crippen LogP contribution in [0.3, 0.4) is 0 Å². The van der Waals surface area contributed by atoms with Crippen LogP contribution >= 0.6 is 0 Å². The molecular formula is C34H30N4O4. The maximum Gasteiger partial charge on any atom is 0.262 e. The summed E-state index contributed by atoms with van der Waals surface area (Å²) in [6, 6.07) is 25.8. The first-order valence-corrected chi connectivity index (χ1v) is 14.4. The third-order valence-corrected chi connectivity index (χ3v) is 9.06. The van der Waals surface area contributed by atoms with E-state index >= 15 is 0 Å². The average molecular weight is 559 g/mol. The monoisotopic (exact) mass is 558 g/mol. The van der Waals surface area contributed by atoms with Crippen LogP contribution in [0.1, 0.15) is 45.9 Å². The molecule has 4 heterocycles. The van der Waals surface area contributed by atoms with Crippen molar-refractivity contribution in [2.45, 2.75) is 44.4 Å². The highest BCUT2D eigenvalue weighted by Gasteiger charge is 2.42. The maximum atomic E-state index is 13.7. The van der Waals surface area contributed by atoms with Crippen LogP contribution in [0.2, 0.25) is 0 Å². The Hall–Kier alpha value is -4.50. The molecule has 8 heteroatoms. The lowest BCUT2D eigenvalue weighted by molar-refractivity contribution is -0.148. The molecule has 4 unspecified atom stereocenters. The Morgan fingerprint density at radius 2 is 1.57 bits per heavy atom. The number of H-pyrrole nitrogens is 1. The molecule has 2 aliphatic rings. The molecule has 1 fully saturated rings. The Kier molecular flexibility index (Phi) is 5.56. The second-order valence-electron chi connectivity index (χ2n) is 11.4. The fraction of sp³-hybridized carbons (Fsp3) is 0.235. The number of aromatic amines is 1. The summed E-state index contributed by atoms with van der Waals surface area (Å²) in [5, 5.41) is 18.0. The van der Waals surface area contributed by atoms with Gasteiger partial charge in [-0.15, -0.1) is 0 Å². The number of carbonyl (C=O) groups is 2. The smallest absolute Gasteiger partial charge is 0.262 e. The standard InChI is InChI=1S/C34H30N4O4/c1-18-32(39)23(35-17-19-10-4-3-5-11-19)16-25(42-18)38-24-15-9-7-13-21(24)27-29-28(33(40)37(2)34(29)41)26-20-12-6-8-14-22(20)36-30(26)31(27)38/h3-15,18,23,25,32,35-36,39H,16-17H2,1-2H3. The van der Waals surface area contributed by atoms with E-state index in [1.807, 2.05) is 73.7 Å². The number of imide groups is 1. The number of fused-ring (bicyclic) bond motifs is 10. The van der Waals surface area contributed by atoms with E-state index in [0.717, 1.165) is 49.2 Å². The van der Waals surface area contributed by atoms with Crippen LogP contribution in [0, 0.1) is 0 Å². The lowest BCUT2D eigenvalue weighted by Crippen LogP contribution is -2.51. The predicted molar refractivity (Wildman–Crippen MR) is 163 cm³/mol. The third kappa shape index (κ3) is 3.46. The van der Waals surface area contributed by atoms with Gasteiger partial charge in [-0.05, 0) is 24.6 Å². The number of para-hydroxylation sites is 2. The van der Waals surface area contributed by atoms with Gasteiger partial charge >= 0.3 is 0 Å². The summed E-state index contributed by atoms with van der Waals surface area (Å²) in [4.78, 5) is 32.1. The van der Waals surface area contributed by atoms with Crippen LogP contribution in [-0.2, 0) is 11.3 Å². The highest BCUT2D eigenvalue weighted by Crippen LogP contribution is 2.47.